The molecule has 170 valence electrons. The van der Waals surface area contributed by atoms with E-state index in [0.717, 1.165) is 24.2 Å². The van der Waals surface area contributed by atoms with Crippen LogP contribution in [0.2, 0.25) is 0 Å². The van der Waals surface area contributed by atoms with Crippen molar-refractivity contribution in [2.75, 3.05) is 19.0 Å². The maximum absolute atomic E-state index is 12.8. The summed E-state index contributed by atoms with van der Waals surface area (Å²) in [5, 5.41) is 6.20. The smallest absolute Gasteiger partial charge is 0.257 e. The third-order valence-electron chi connectivity index (χ3n) is 5.81. The van der Waals surface area contributed by atoms with E-state index < -0.39 is 5.92 Å². The number of methoxy groups -OCH3 is 1. The molecule has 1 aliphatic carbocycles. The van der Waals surface area contributed by atoms with Gasteiger partial charge in [0.1, 0.15) is 5.75 Å². The number of ether oxygens (including phenoxy) is 2. The second-order valence-corrected chi connectivity index (χ2v) is 9.81. The Bertz CT molecular complexity index is 1030. The second-order valence-electron chi connectivity index (χ2n) is 8.81. The molecule has 8 nitrogen and oxygen atoms in total. The van der Waals surface area contributed by atoms with Crippen molar-refractivity contribution < 1.29 is 23.9 Å². The third kappa shape index (κ3) is 4.99. The predicted molar refractivity (Wildman–Crippen MR) is 120 cm³/mol. The van der Waals surface area contributed by atoms with Crippen molar-refractivity contribution in [3.05, 3.63) is 40.4 Å². The summed E-state index contributed by atoms with van der Waals surface area (Å²) in [6.45, 7) is 4.63. The topological polar surface area (TPSA) is 107 Å². The zero-order valence-corrected chi connectivity index (χ0v) is 19.2. The number of anilines is 1. The summed E-state index contributed by atoms with van der Waals surface area (Å²) in [6.07, 6.45) is 2.04. The average molecular weight is 458 g/mol. The molecule has 2 N–H and O–H groups in total. The Hall–Kier alpha value is -2.78. The summed E-state index contributed by atoms with van der Waals surface area (Å²) in [4.78, 5) is 43.0. The van der Waals surface area contributed by atoms with Crippen LogP contribution in [0.15, 0.2) is 24.3 Å². The monoisotopic (exact) mass is 457 g/mol. The summed E-state index contributed by atoms with van der Waals surface area (Å²) in [5.74, 6) is -0.342. The van der Waals surface area contributed by atoms with Crippen molar-refractivity contribution in [1.82, 2.24) is 10.3 Å². The molecule has 0 bridgehead atoms. The fourth-order valence-corrected chi connectivity index (χ4v) is 5.09. The van der Waals surface area contributed by atoms with E-state index in [2.05, 4.69) is 15.6 Å². The predicted octanol–water partition coefficient (Wildman–Crippen LogP) is 3.22. The summed E-state index contributed by atoms with van der Waals surface area (Å²) >= 11 is 1.16. The SMILES string of the molecule is COc1ccc(C(=O)Nc2nc3c(s2)C(=O)C[C@@H](C(=O)N[C@H]2CCOC(C)(C)C2)C3)cc1. The number of rotatable bonds is 5. The lowest BCUT2D eigenvalue weighted by molar-refractivity contribution is -0.128. The van der Waals surface area contributed by atoms with E-state index in [0.29, 0.717) is 40.0 Å². The molecular weight excluding hydrogens is 430 g/mol. The lowest BCUT2D eigenvalue weighted by atomic mass is 9.88. The molecule has 0 unspecified atom stereocenters. The van der Waals surface area contributed by atoms with E-state index in [1.165, 1.54) is 0 Å². The van der Waals surface area contributed by atoms with Gasteiger partial charge >= 0.3 is 0 Å². The molecule has 4 rings (SSSR count). The molecule has 1 fully saturated rings. The van der Waals surface area contributed by atoms with Gasteiger partial charge in [0.15, 0.2) is 10.9 Å². The van der Waals surface area contributed by atoms with Crippen LogP contribution in [-0.2, 0) is 16.0 Å². The van der Waals surface area contributed by atoms with Gasteiger partial charge in [-0.2, -0.15) is 0 Å². The van der Waals surface area contributed by atoms with Gasteiger partial charge in [0.25, 0.3) is 5.91 Å². The first-order valence-electron chi connectivity index (χ1n) is 10.7. The molecule has 9 heteroatoms. The molecule has 1 aromatic heterocycles. The van der Waals surface area contributed by atoms with Crippen LogP contribution in [0.3, 0.4) is 0 Å². The quantitative estimate of drug-likeness (QED) is 0.714. The number of hydrogen-bond donors (Lipinski definition) is 2. The van der Waals surface area contributed by atoms with E-state index >= 15 is 0 Å². The number of aromatic nitrogens is 1. The Morgan fingerprint density at radius 3 is 2.66 bits per heavy atom. The van der Waals surface area contributed by atoms with Crippen LogP contribution in [0.5, 0.6) is 5.75 Å². The lowest BCUT2D eigenvalue weighted by Crippen LogP contribution is -2.48. The van der Waals surface area contributed by atoms with Crippen molar-refractivity contribution in [3.63, 3.8) is 0 Å². The van der Waals surface area contributed by atoms with Crippen LogP contribution in [0.4, 0.5) is 5.13 Å². The molecule has 1 saturated heterocycles. The Labute approximate surface area is 190 Å². The summed E-state index contributed by atoms with van der Waals surface area (Å²) in [5.41, 5.74) is 0.767. The van der Waals surface area contributed by atoms with E-state index in [9.17, 15) is 14.4 Å². The number of amides is 2. The molecule has 1 aromatic carbocycles. The van der Waals surface area contributed by atoms with Crippen molar-refractivity contribution in [2.24, 2.45) is 5.92 Å². The number of nitrogens with one attached hydrogen (secondary N) is 2. The second kappa shape index (κ2) is 8.99. The van der Waals surface area contributed by atoms with Gasteiger partial charge in [0.2, 0.25) is 5.91 Å². The first-order valence-corrected chi connectivity index (χ1v) is 11.5. The molecule has 2 atom stereocenters. The van der Waals surface area contributed by atoms with Gasteiger partial charge in [-0.1, -0.05) is 11.3 Å². The minimum Gasteiger partial charge on any atom is -0.497 e. The highest BCUT2D eigenvalue weighted by Crippen LogP contribution is 2.33. The van der Waals surface area contributed by atoms with Gasteiger partial charge < -0.3 is 14.8 Å². The van der Waals surface area contributed by atoms with Gasteiger partial charge in [0, 0.05) is 31.1 Å². The number of benzene rings is 1. The number of carbonyl (C=O) groups excluding carboxylic acids is 3. The number of nitrogens with zero attached hydrogens (tertiary/aromatic N) is 1. The van der Waals surface area contributed by atoms with Crippen LogP contribution in [0.25, 0.3) is 0 Å². The average Bonchev–Trinajstić information content (AvgIpc) is 3.16. The lowest BCUT2D eigenvalue weighted by Gasteiger charge is -2.36. The van der Waals surface area contributed by atoms with Gasteiger partial charge in [-0.05, 0) is 51.0 Å². The van der Waals surface area contributed by atoms with Crippen LogP contribution in [0, 0.1) is 5.92 Å². The summed E-state index contributed by atoms with van der Waals surface area (Å²) < 4.78 is 10.8. The van der Waals surface area contributed by atoms with E-state index in [4.69, 9.17) is 9.47 Å². The molecule has 0 saturated carbocycles. The van der Waals surface area contributed by atoms with Gasteiger partial charge in [-0.25, -0.2) is 4.98 Å². The van der Waals surface area contributed by atoms with Crippen LogP contribution in [0.1, 0.15) is 58.8 Å². The van der Waals surface area contributed by atoms with Gasteiger partial charge in [-0.3, -0.25) is 19.7 Å². The number of thiazole rings is 1. The number of fused-ring (bicyclic) bond motifs is 1. The molecule has 0 spiro atoms. The van der Waals surface area contributed by atoms with Crippen LogP contribution in [-0.4, -0.2) is 47.9 Å². The van der Waals surface area contributed by atoms with E-state index in [1.807, 2.05) is 13.8 Å². The molecule has 0 radical (unpaired) electrons. The molecule has 2 aromatic rings. The van der Waals surface area contributed by atoms with Crippen molar-refractivity contribution in [3.8, 4) is 5.75 Å². The molecule has 1 aliphatic heterocycles. The maximum Gasteiger partial charge on any atom is 0.257 e. The minimum absolute atomic E-state index is 0.0394. The standard InChI is InChI=1S/C23H27N3O5S/c1-23(2)12-15(8-9-31-23)24-21(29)14-10-17-19(18(27)11-14)32-22(25-17)26-20(28)13-4-6-16(30-3)7-5-13/h4-7,14-15H,8-12H2,1-3H3,(H,24,29)(H,25,26,28)/t14-,15-/m0/s1. The number of carbonyl (C=O) groups is 3. The molecule has 2 amide bonds. The Balaban J connectivity index is 1.40. The normalized spacial score (nSPS) is 22.0. The fourth-order valence-electron chi connectivity index (χ4n) is 4.15. The highest BCUT2D eigenvalue weighted by atomic mass is 32.1. The highest BCUT2D eigenvalue weighted by Gasteiger charge is 2.36. The van der Waals surface area contributed by atoms with Crippen molar-refractivity contribution >= 4 is 34.1 Å². The van der Waals surface area contributed by atoms with Gasteiger partial charge in [-0.15, -0.1) is 0 Å². The third-order valence-corrected chi connectivity index (χ3v) is 6.86. The Morgan fingerprint density at radius 1 is 1.22 bits per heavy atom. The molecule has 2 heterocycles. The number of ketones is 1. The number of Topliss-reactive ketones (excluding diaryl/α,β-unsaturated/α-hetero) is 1. The highest BCUT2D eigenvalue weighted by molar-refractivity contribution is 7.17. The molecule has 32 heavy (non-hydrogen) atoms. The van der Waals surface area contributed by atoms with Crippen molar-refractivity contribution in [1.29, 1.82) is 0 Å². The first kappa shape index (κ1) is 22.4. The van der Waals surface area contributed by atoms with Crippen molar-refractivity contribution in [2.45, 2.75) is 51.2 Å². The van der Waals surface area contributed by atoms with Crippen LogP contribution < -0.4 is 15.4 Å². The summed E-state index contributed by atoms with van der Waals surface area (Å²) in [6, 6.07) is 6.76. The molecule has 2 aliphatic rings. The fraction of sp³-hybridized carbons (Fsp3) is 0.478. The zero-order chi connectivity index (χ0) is 22.9. The van der Waals surface area contributed by atoms with Gasteiger partial charge in [0.05, 0.1) is 29.2 Å². The zero-order valence-electron chi connectivity index (χ0n) is 18.4. The Morgan fingerprint density at radius 2 is 1.97 bits per heavy atom. The van der Waals surface area contributed by atoms with E-state index in [-0.39, 0.29) is 35.7 Å². The summed E-state index contributed by atoms with van der Waals surface area (Å²) in [7, 11) is 1.56. The molecular formula is C23H27N3O5S. The first-order chi connectivity index (χ1) is 15.2. The Kier molecular flexibility index (Phi) is 6.30. The van der Waals surface area contributed by atoms with Crippen LogP contribution >= 0.6 is 11.3 Å². The van der Waals surface area contributed by atoms with E-state index in [1.54, 1.807) is 31.4 Å². The largest absolute Gasteiger partial charge is 0.497 e. The maximum atomic E-state index is 12.8. The minimum atomic E-state index is -0.451. The number of hydrogen-bond acceptors (Lipinski definition) is 7.